The average molecular weight is 697 g/mol. The Bertz CT molecular complexity index is 1830. The van der Waals surface area contributed by atoms with Crippen molar-refractivity contribution in [2.75, 3.05) is 13.1 Å². The Balaban J connectivity index is 1.62. The van der Waals surface area contributed by atoms with Gasteiger partial charge in [-0.3, -0.25) is 13.9 Å². The summed E-state index contributed by atoms with van der Waals surface area (Å²) in [6.07, 6.45) is 3.34. The molecule has 1 amide bonds. The smallest absolute Gasteiger partial charge is 0.329 e. The van der Waals surface area contributed by atoms with Crippen molar-refractivity contribution in [3.8, 4) is 0 Å². The Kier molecular flexibility index (Phi) is 12.5. The first-order valence-corrected chi connectivity index (χ1v) is 18.1. The molecule has 0 bridgehead atoms. The number of benzene rings is 2. The zero-order valence-electron chi connectivity index (χ0n) is 27.8. The Hall–Kier alpha value is -4.11. The number of nitrogens with zero attached hydrogens (tertiary/aromatic N) is 5. The number of hydrogen-bond donors (Lipinski definition) is 3. The Morgan fingerprint density at radius 3 is 2.33 bits per heavy atom. The van der Waals surface area contributed by atoms with Gasteiger partial charge in [0.2, 0.25) is 15.9 Å². The maximum Gasteiger partial charge on any atom is 0.329 e. The molecule has 12 nitrogen and oxygen atoms in total. The number of aliphatic hydroxyl groups is 1. The molecule has 0 aliphatic carbocycles. The SMILES string of the molecule is Cc1nc(Cn2ccn([C@H](C(=O)NC(Cc3ccccc3)[C@@H](O)CN(CC(C)C)S(=O)(=O)c3ccc(C=NO)cc3)C(C)C)c2=O)cs1. The number of carbonyl (C=O) groups excluding carboxylic acids is 1. The highest BCUT2D eigenvalue weighted by Crippen LogP contribution is 2.22. The van der Waals surface area contributed by atoms with E-state index in [1.165, 1.54) is 55.3 Å². The number of hydrogen-bond acceptors (Lipinski definition) is 9. The lowest BCUT2D eigenvalue weighted by molar-refractivity contribution is -0.127. The van der Waals surface area contributed by atoms with E-state index in [2.05, 4.69) is 15.5 Å². The van der Waals surface area contributed by atoms with E-state index in [0.29, 0.717) is 5.56 Å². The van der Waals surface area contributed by atoms with E-state index in [9.17, 15) is 23.1 Å². The van der Waals surface area contributed by atoms with Crippen molar-refractivity contribution in [1.82, 2.24) is 23.7 Å². The molecular formula is C34H44N6O6S2. The third-order valence-corrected chi connectivity index (χ3v) is 10.5. The number of carbonyl (C=O) groups is 1. The van der Waals surface area contributed by atoms with Crippen LogP contribution in [0.15, 0.2) is 87.2 Å². The fourth-order valence-electron chi connectivity index (χ4n) is 5.54. The number of oxime groups is 1. The summed E-state index contributed by atoms with van der Waals surface area (Å²) in [5.41, 5.74) is 1.75. The topological polar surface area (TPSA) is 159 Å². The molecule has 14 heteroatoms. The Labute approximate surface area is 285 Å². The zero-order chi connectivity index (χ0) is 35.0. The van der Waals surface area contributed by atoms with Gasteiger partial charge in [-0.2, -0.15) is 4.31 Å². The van der Waals surface area contributed by atoms with E-state index >= 15 is 0 Å². The van der Waals surface area contributed by atoms with Crippen LogP contribution in [0.3, 0.4) is 0 Å². The molecule has 0 spiro atoms. The summed E-state index contributed by atoms with van der Waals surface area (Å²) in [7, 11) is -4.06. The van der Waals surface area contributed by atoms with Crippen molar-refractivity contribution >= 4 is 33.5 Å². The second kappa shape index (κ2) is 16.3. The van der Waals surface area contributed by atoms with Crippen molar-refractivity contribution in [2.45, 2.75) is 70.7 Å². The van der Waals surface area contributed by atoms with E-state index in [4.69, 9.17) is 5.21 Å². The molecule has 0 fully saturated rings. The third-order valence-electron chi connectivity index (χ3n) is 7.85. The molecule has 2 heterocycles. The lowest BCUT2D eigenvalue weighted by atomic mass is 9.98. The van der Waals surface area contributed by atoms with Gasteiger partial charge in [0.05, 0.1) is 40.5 Å². The van der Waals surface area contributed by atoms with E-state index in [-0.39, 0.29) is 48.5 Å². The first-order valence-electron chi connectivity index (χ1n) is 15.8. The number of aliphatic hydroxyl groups excluding tert-OH is 1. The van der Waals surface area contributed by atoms with E-state index in [1.807, 2.05) is 70.3 Å². The van der Waals surface area contributed by atoms with Crippen LogP contribution in [-0.2, 0) is 27.8 Å². The number of sulfonamides is 1. The summed E-state index contributed by atoms with van der Waals surface area (Å²) < 4.78 is 31.8. The summed E-state index contributed by atoms with van der Waals surface area (Å²) in [4.78, 5) is 31.9. The number of aromatic nitrogens is 3. The second-order valence-electron chi connectivity index (χ2n) is 12.6. The third kappa shape index (κ3) is 9.28. The highest BCUT2D eigenvalue weighted by atomic mass is 32.2. The van der Waals surface area contributed by atoms with E-state index in [1.54, 1.807) is 12.4 Å². The first-order chi connectivity index (χ1) is 22.8. The van der Waals surface area contributed by atoms with E-state index < -0.39 is 34.1 Å². The van der Waals surface area contributed by atoms with Gasteiger partial charge < -0.3 is 15.6 Å². The lowest BCUT2D eigenvalue weighted by Gasteiger charge is -2.32. The molecule has 0 aliphatic rings. The number of imidazole rings is 1. The van der Waals surface area contributed by atoms with Gasteiger partial charge in [-0.25, -0.2) is 18.2 Å². The predicted octanol–water partition coefficient (Wildman–Crippen LogP) is 3.90. The molecule has 4 aromatic rings. The summed E-state index contributed by atoms with van der Waals surface area (Å²) in [5.74, 6) is -0.815. The van der Waals surface area contributed by atoms with Crippen LogP contribution in [0.1, 0.15) is 55.6 Å². The highest BCUT2D eigenvalue weighted by Gasteiger charge is 2.34. The average Bonchev–Trinajstić information content (AvgIpc) is 3.61. The minimum absolute atomic E-state index is 0.0191. The predicted molar refractivity (Wildman–Crippen MR) is 186 cm³/mol. The minimum Gasteiger partial charge on any atom is -0.411 e. The second-order valence-corrected chi connectivity index (χ2v) is 15.6. The summed E-state index contributed by atoms with van der Waals surface area (Å²) in [5, 5.41) is 29.3. The van der Waals surface area contributed by atoms with Crippen LogP contribution >= 0.6 is 11.3 Å². The molecule has 0 aliphatic heterocycles. The minimum atomic E-state index is -4.06. The zero-order valence-corrected chi connectivity index (χ0v) is 29.4. The molecule has 0 saturated carbocycles. The van der Waals surface area contributed by atoms with E-state index in [0.717, 1.165) is 16.3 Å². The maximum atomic E-state index is 14.0. The van der Waals surface area contributed by atoms with Crippen LogP contribution in [0, 0.1) is 18.8 Å². The Morgan fingerprint density at radius 2 is 1.75 bits per heavy atom. The van der Waals surface area contributed by atoms with Crippen molar-refractivity contribution < 1.29 is 23.5 Å². The maximum absolute atomic E-state index is 14.0. The monoisotopic (exact) mass is 696 g/mol. The van der Waals surface area contributed by atoms with Gasteiger partial charge in [-0.1, -0.05) is 75.3 Å². The molecule has 2 aromatic heterocycles. The van der Waals surface area contributed by atoms with Gasteiger partial charge in [-0.05, 0) is 48.4 Å². The summed E-state index contributed by atoms with van der Waals surface area (Å²) in [6, 6.07) is 13.4. The molecule has 258 valence electrons. The molecule has 1 unspecified atom stereocenters. The number of thiazole rings is 1. The van der Waals surface area contributed by atoms with Crippen LogP contribution in [-0.4, -0.2) is 74.5 Å². The normalized spacial score (nSPS) is 14.2. The molecule has 48 heavy (non-hydrogen) atoms. The largest absolute Gasteiger partial charge is 0.411 e. The molecule has 0 radical (unpaired) electrons. The van der Waals surface area contributed by atoms with Crippen molar-refractivity contribution in [2.24, 2.45) is 17.0 Å². The number of aryl methyl sites for hydroxylation is 1. The van der Waals surface area contributed by atoms with Gasteiger partial charge in [-0.15, -0.1) is 11.3 Å². The summed E-state index contributed by atoms with van der Waals surface area (Å²) >= 11 is 1.50. The molecule has 3 atom stereocenters. The Morgan fingerprint density at radius 1 is 1.06 bits per heavy atom. The van der Waals surface area contributed by atoms with Crippen LogP contribution in [0.4, 0.5) is 0 Å². The van der Waals surface area contributed by atoms with Crippen molar-refractivity contribution in [3.05, 3.63) is 105 Å². The number of amides is 1. The van der Waals surface area contributed by atoms with Crippen LogP contribution in [0.2, 0.25) is 0 Å². The van der Waals surface area contributed by atoms with Crippen molar-refractivity contribution in [3.63, 3.8) is 0 Å². The highest BCUT2D eigenvalue weighted by molar-refractivity contribution is 7.89. The lowest BCUT2D eigenvalue weighted by Crippen LogP contribution is -2.53. The van der Waals surface area contributed by atoms with Gasteiger partial charge in [0, 0.05) is 30.9 Å². The molecule has 4 rings (SSSR count). The quantitative estimate of drug-likeness (QED) is 0.0911. The number of nitrogens with one attached hydrogen (secondary N) is 1. The van der Waals surface area contributed by atoms with Gasteiger partial charge in [0.1, 0.15) is 6.04 Å². The fraction of sp³-hybridized carbons (Fsp3) is 0.412. The van der Waals surface area contributed by atoms with Crippen molar-refractivity contribution in [1.29, 1.82) is 0 Å². The molecule has 3 N–H and O–H groups in total. The van der Waals surface area contributed by atoms with Gasteiger partial charge in [0.25, 0.3) is 0 Å². The number of rotatable bonds is 16. The summed E-state index contributed by atoms with van der Waals surface area (Å²) in [6.45, 7) is 9.46. The molecule has 0 saturated heterocycles. The standard InChI is InChI=1S/C34H44N6O6S2/c1-23(2)19-39(48(45,46)29-13-11-27(12-14-29)18-35-44)21-31(41)30(17-26-9-7-6-8-10-26)37-33(42)32(24(3)4)40-16-15-38(34(40)43)20-28-22-47-25(5)36-28/h6-16,18,22-24,30-32,41,44H,17,19-21H2,1-5H3,(H,37,42)/t30?,31-,32-/m0/s1. The molecular weight excluding hydrogens is 653 g/mol. The van der Waals surface area contributed by atoms with Gasteiger partial charge in [0.15, 0.2) is 0 Å². The molecule has 2 aromatic carbocycles. The van der Waals surface area contributed by atoms with Crippen LogP contribution in [0.25, 0.3) is 0 Å². The first kappa shape index (κ1) is 36.7. The van der Waals surface area contributed by atoms with Crippen LogP contribution < -0.4 is 11.0 Å². The fourth-order valence-corrected chi connectivity index (χ4v) is 7.77. The van der Waals surface area contributed by atoms with Crippen LogP contribution in [0.5, 0.6) is 0 Å². The van der Waals surface area contributed by atoms with Gasteiger partial charge >= 0.3 is 5.69 Å².